The molecule has 0 aliphatic carbocycles. The van der Waals surface area contributed by atoms with Crippen molar-refractivity contribution in [2.45, 2.75) is 12.5 Å². The highest BCUT2D eigenvalue weighted by molar-refractivity contribution is 14.1. The Hall–Kier alpha value is -1.47. The first-order valence-corrected chi connectivity index (χ1v) is 7.34. The van der Waals surface area contributed by atoms with E-state index in [1.165, 1.54) is 5.56 Å². The largest absolute Gasteiger partial charge is 0.313 e. The van der Waals surface area contributed by atoms with E-state index in [0.29, 0.717) is 0 Å². The van der Waals surface area contributed by atoms with Crippen LogP contribution in [0, 0.1) is 13.7 Å². The number of nitro groups is 1. The lowest BCUT2D eigenvalue weighted by Gasteiger charge is -2.17. The third-order valence-electron chi connectivity index (χ3n) is 3.22. The van der Waals surface area contributed by atoms with Crippen molar-refractivity contribution in [1.82, 2.24) is 5.32 Å². The lowest BCUT2D eigenvalue weighted by Crippen LogP contribution is -2.19. The van der Waals surface area contributed by atoms with Gasteiger partial charge in [0.1, 0.15) is 0 Å². The van der Waals surface area contributed by atoms with E-state index in [9.17, 15) is 10.1 Å². The van der Waals surface area contributed by atoms with E-state index in [0.717, 1.165) is 15.6 Å². The molecule has 2 aromatic rings. The second-order valence-corrected chi connectivity index (χ2v) is 5.65. The lowest BCUT2D eigenvalue weighted by atomic mass is 9.99. The molecule has 0 radical (unpaired) electrons. The average Bonchev–Trinajstić information content (AvgIpc) is 2.46. The standard InChI is InChI=1S/C15H15IN2O2/c1-17-15(11-5-3-2-4-6-11)9-12-7-8-13(18(19)20)10-14(12)16/h2-8,10,15,17H,9H2,1H3. The zero-order valence-corrected chi connectivity index (χ0v) is 13.2. The predicted octanol–water partition coefficient (Wildman–Crippen LogP) is 3.70. The van der Waals surface area contributed by atoms with Crippen LogP contribution in [0.1, 0.15) is 17.2 Å². The van der Waals surface area contributed by atoms with Gasteiger partial charge < -0.3 is 5.32 Å². The van der Waals surface area contributed by atoms with E-state index in [2.05, 4.69) is 40.0 Å². The maximum atomic E-state index is 10.8. The summed E-state index contributed by atoms with van der Waals surface area (Å²) in [5.74, 6) is 0. The van der Waals surface area contributed by atoms with Crippen LogP contribution in [-0.4, -0.2) is 12.0 Å². The molecule has 2 rings (SSSR count). The molecule has 0 heterocycles. The van der Waals surface area contributed by atoms with Crippen LogP contribution in [0.25, 0.3) is 0 Å². The van der Waals surface area contributed by atoms with Gasteiger partial charge in [-0.15, -0.1) is 0 Å². The number of nitrogens with one attached hydrogen (secondary N) is 1. The fraction of sp³-hybridized carbons (Fsp3) is 0.200. The summed E-state index contributed by atoms with van der Waals surface area (Å²) in [7, 11) is 1.93. The van der Waals surface area contributed by atoms with Gasteiger partial charge in [-0.05, 0) is 47.2 Å². The molecule has 2 aromatic carbocycles. The average molecular weight is 382 g/mol. The monoisotopic (exact) mass is 382 g/mol. The maximum absolute atomic E-state index is 10.8. The zero-order chi connectivity index (χ0) is 14.5. The molecule has 1 unspecified atom stereocenters. The number of likely N-dealkylation sites (N-methyl/N-ethyl adjacent to an activating group) is 1. The molecule has 0 bridgehead atoms. The summed E-state index contributed by atoms with van der Waals surface area (Å²) in [4.78, 5) is 10.4. The molecule has 1 N–H and O–H groups in total. The molecule has 1 atom stereocenters. The number of nitrogens with zero attached hydrogens (tertiary/aromatic N) is 1. The summed E-state index contributed by atoms with van der Waals surface area (Å²) in [6, 6.07) is 15.4. The summed E-state index contributed by atoms with van der Waals surface area (Å²) in [6.45, 7) is 0. The second kappa shape index (κ2) is 6.81. The van der Waals surface area contributed by atoms with Crippen LogP contribution in [0.5, 0.6) is 0 Å². The first-order chi connectivity index (χ1) is 9.61. The SMILES string of the molecule is CNC(Cc1ccc([N+](=O)[O-])cc1I)c1ccccc1. The number of nitro benzene ring substituents is 1. The fourth-order valence-corrected chi connectivity index (χ4v) is 2.83. The van der Waals surface area contributed by atoms with Crippen molar-refractivity contribution in [3.8, 4) is 0 Å². The van der Waals surface area contributed by atoms with Gasteiger partial charge in [0, 0.05) is 21.7 Å². The number of hydrogen-bond donors (Lipinski definition) is 1. The number of benzene rings is 2. The number of non-ortho nitro benzene ring substituents is 1. The molecule has 104 valence electrons. The summed E-state index contributed by atoms with van der Waals surface area (Å²) in [5.41, 5.74) is 2.46. The minimum atomic E-state index is -0.362. The van der Waals surface area contributed by atoms with Crippen LogP contribution in [0.15, 0.2) is 48.5 Å². The van der Waals surface area contributed by atoms with E-state index < -0.39 is 0 Å². The van der Waals surface area contributed by atoms with Crippen LogP contribution in [0.2, 0.25) is 0 Å². The molecule has 0 aliphatic rings. The smallest absolute Gasteiger partial charge is 0.270 e. The zero-order valence-electron chi connectivity index (χ0n) is 11.0. The Kier molecular flexibility index (Phi) is 5.08. The molecular weight excluding hydrogens is 367 g/mol. The molecular formula is C15H15IN2O2. The van der Waals surface area contributed by atoms with Crippen molar-refractivity contribution in [3.05, 3.63) is 73.3 Å². The Morgan fingerprint density at radius 3 is 2.50 bits per heavy atom. The molecule has 5 heteroatoms. The topological polar surface area (TPSA) is 55.2 Å². The van der Waals surface area contributed by atoms with E-state index in [1.54, 1.807) is 12.1 Å². The first-order valence-electron chi connectivity index (χ1n) is 6.27. The Morgan fingerprint density at radius 2 is 1.95 bits per heavy atom. The van der Waals surface area contributed by atoms with Crippen molar-refractivity contribution < 1.29 is 4.92 Å². The van der Waals surface area contributed by atoms with Crippen LogP contribution in [0.3, 0.4) is 0 Å². The highest BCUT2D eigenvalue weighted by atomic mass is 127. The fourth-order valence-electron chi connectivity index (χ4n) is 2.11. The third kappa shape index (κ3) is 3.55. The number of rotatable bonds is 5. The molecule has 0 amide bonds. The van der Waals surface area contributed by atoms with Crippen LogP contribution < -0.4 is 5.32 Å². The van der Waals surface area contributed by atoms with Crippen molar-refractivity contribution in [2.75, 3.05) is 7.05 Å². The predicted molar refractivity (Wildman–Crippen MR) is 87.8 cm³/mol. The summed E-state index contributed by atoms with van der Waals surface area (Å²) in [6.07, 6.45) is 0.802. The Morgan fingerprint density at radius 1 is 1.25 bits per heavy atom. The van der Waals surface area contributed by atoms with Gasteiger partial charge >= 0.3 is 0 Å². The van der Waals surface area contributed by atoms with Crippen molar-refractivity contribution >= 4 is 28.3 Å². The van der Waals surface area contributed by atoms with E-state index in [4.69, 9.17) is 0 Å². The van der Waals surface area contributed by atoms with Gasteiger partial charge in [0.2, 0.25) is 0 Å². The minimum Gasteiger partial charge on any atom is -0.313 e. The van der Waals surface area contributed by atoms with Crippen molar-refractivity contribution in [2.24, 2.45) is 0 Å². The Bertz CT molecular complexity index is 602. The van der Waals surface area contributed by atoms with E-state index in [-0.39, 0.29) is 16.7 Å². The molecule has 0 saturated heterocycles. The van der Waals surface area contributed by atoms with Gasteiger partial charge in [0.05, 0.1) is 4.92 Å². The Balaban J connectivity index is 2.22. The third-order valence-corrected chi connectivity index (χ3v) is 4.23. The van der Waals surface area contributed by atoms with Crippen LogP contribution in [0.4, 0.5) is 5.69 Å². The van der Waals surface area contributed by atoms with Gasteiger partial charge in [-0.25, -0.2) is 0 Å². The molecule has 0 aromatic heterocycles. The van der Waals surface area contributed by atoms with Crippen LogP contribution >= 0.6 is 22.6 Å². The normalized spacial score (nSPS) is 12.1. The molecule has 20 heavy (non-hydrogen) atoms. The van der Waals surface area contributed by atoms with Crippen LogP contribution in [-0.2, 0) is 6.42 Å². The van der Waals surface area contributed by atoms with E-state index >= 15 is 0 Å². The first kappa shape index (κ1) is 14.9. The Labute approximate surface area is 131 Å². The van der Waals surface area contributed by atoms with Gasteiger partial charge in [-0.1, -0.05) is 36.4 Å². The summed E-state index contributed by atoms with van der Waals surface area (Å²) >= 11 is 2.16. The highest BCUT2D eigenvalue weighted by Gasteiger charge is 2.14. The van der Waals surface area contributed by atoms with Gasteiger partial charge in [0.25, 0.3) is 5.69 Å². The maximum Gasteiger partial charge on any atom is 0.270 e. The molecule has 0 saturated carbocycles. The van der Waals surface area contributed by atoms with Crippen molar-refractivity contribution in [3.63, 3.8) is 0 Å². The van der Waals surface area contributed by atoms with Crippen molar-refractivity contribution in [1.29, 1.82) is 0 Å². The molecule has 0 spiro atoms. The van der Waals surface area contributed by atoms with E-state index in [1.807, 2.05) is 31.3 Å². The number of halogens is 1. The minimum absolute atomic E-state index is 0.138. The summed E-state index contributed by atoms with van der Waals surface area (Å²) in [5, 5.41) is 14.0. The quantitative estimate of drug-likeness (QED) is 0.488. The highest BCUT2D eigenvalue weighted by Crippen LogP contribution is 2.24. The number of hydrogen-bond acceptors (Lipinski definition) is 3. The second-order valence-electron chi connectivity index (χ2n) is 4.49. The molecule has 4 nitrogen and oxygen atoms in total. The van der Waals surface area contributed by atoms with Gasteiger partial charge in [0.15, 0.2) is 0 Å². The molecule has 0 aliphatic heterocycles. The van der Waals surface area contributed by atoms with Gasteiger partial charge in [-0.2, -0.15) is 0 Å². The lowest BCUT2D eigenvalue weighted by molar-refractivity contribution is -0.385. The molecule has 0 fully saturated rings. The van der Waals surface area contributed by atoms with Gasteiger partial charge in [-0.3, -0.25) is 10.1 Å². The summed E-state index contributed by atoms with van der Waals surface area (Å²) < 4.78 is 0.924.